The molecule has 1 heterocycles. The van der Waals surface area contributed by atoms with E-state index in [1.54, 1.807) is 24.3 Å². The van der Waals surface area contributed by atoms with Gasteiger partial charge in [0.2, 0.25) is 5.91 Å². The molecule has 0 bridgehead atoms. The molecule has 3 aromatic carbocycles. The van der Waals surface area contributed by atoms with Crippen LogP contribution < -0.4 is 16.4 Å². The zero-order chi connectivity index (χ0) is 33.3. The van der Waals surface area contributed by atoms with E-state index in [1.165, 1.54) is 0 Å². The molecule has 252 valence electrons. The zero-order valence-corrected chi connectivity index (χ0v) is 26.0. The lowest BCUT2D eigenvalue weighted by atomic mass is 9.98. The van der Waals surface area contributed by atoms with Gasteiger partial charge in [0.1, 0.15) is 37.1 Å². The number of aliphatic hydroxyl groups is 4. The van der Waals surface area contributed by atoms with E-state index >= 15 is 0 Å². The fraction of sp³-hybridized carbons (Fsp3) is 0.429. The number of hydrogen-bond donors (Lipinski definition) is 7. The number of unbranched alkanes of at least 4 members (excludes halogenated alkanes) is 1. The minimum absolute atomic E-state index is 0.0983. The smallest absolute Gasteiger partial charge is 0.407 e. The molecule has 0 saturated carbocycles. The fourth-order valence-electron chi connectivity index (χ4n) is 6.03. The molecule has 0 radical (unpaired) electrons. The van der Waals surface area contributed by atoms with Gasteiger partial charge in [-0.1, -0.05) is 60.7 Å². The number of carbonyl (C=O) groups excluding carboxylic acids is 2. The first-order valence-electron chi connectivity index (χ1n) is 15.9. The zero-order valence-electron chi connectivity index (χ0n) is 26.0. The Morgan fingerprint density at radius 3 is 2.17 bits per heavy atom. The largest absolute Gasteiger partial charge is 0.449 e. The molecule has 1 fully saturated rings. The van der Waals surface area contributed by atoms with E-state index in [4.69, 9.17) is 19.9 Å². The fourth-order valence-corrected chi connectivity index (χ4v) is 6.03. The van der Waals surface area contributed by atoms with Crippen LogP contribution in [0.25, 0.3) is 11.1 Å². The van der Waals surface area contributed by atoms with Gasteiger partial charge in [0.15, 0.2) is 6.29 Å². The first kappa shape index (κ1) is 34.5. The maximum atomic E-state index is 13.3. The molecule has 8 N–H and O–H groups in total. The van der Waals surface area contributed by atoms with Crippen molar-refractivity contribution in [3.63, 3.8) is 0 Å². The van der Waals surface area contributed by atoms with Gasteiger partial charge in [-0.3, -0.25) is 4.79 Å². The van der Waals surface area contributed by atoms with E-state index in [2.05, 4.69) is 22.8 Å². The number of hydrogen-bond acceptors (Lipinski definition) is 10. The van der Waals surface area contributed by atoms with Crippen LogP contribution in [0.4, 0.5) is 10.5 Å². The van der Waals surface area contributed by atoms with E-state index in [9.17, 15) is 30.0 Å². The standard InChI is InChI=1S/C35H43N3O9/c36-17-6-5-11-28(38-35(44)46-20-27-25-9-3-1-7-23(25)24-8-2-4-10-26(24)27)33(43)37-22-14-12-21(13-15-22)16-18-45-34-32(42)31(41)30(40)29(19-39)47-34/h1-4,7-10,12-15,27-32,34,39-42H,5-6,11,16-20,36H2,(H,37,43)(H,38,44)/t28-,29+,30+,31-,32+,34+/m0/s1. The number of fused-ring (bicyclic) bond motifs is 3. The minimum Gasteiger partial charge on any atom is -0.449 e. The van der Waals surface area contributed by atoms with Crippen LogP contribution in [-0.2, 0) is 25.4 Å². The third kappa shape index (κ3) is 8.35. The molecule has 6 atom stereocenters. The molecular weight excluding hydrogens is 606 g/mol. The van der Waals surface area contributed by atoms with Crippen molar-refractivity contribution in [1.29, 1.82) is 0 Å². The number of carbonyl (C=O) groups is 2. The Bertz CT molecular complexity index is 1440. The second kappa shape index (κ2) is 16.3. The highest BCUT2D eigenvalue weighted by Gasteiger charge is 2.44. The van der Waals surface area contributed by atoms with Crippen LogP contribution in [0, 0.1) is 0 Å². The third-order valence-corrected chi connectivity index (χ3v) is 8.64. The molecule has 0 aromatic heterocycles. The molecule has 1 aliphatic heterocycles. The van der Waals surface area contributed by atoms with Crippen LogP contribution in [-0.4, -0.2) is 95.5 Å². The summed E-state index contributed by atoms with van der Waals surface area (Å²) in [7, 11) is 0. The second-order valence-corrected chi connectivity index (χ2v) is 11.8. The number of nitrogens with one attached hydrogen (secondary N) is 2. The first-order chi connectivity index (χ1) is 22.8. The van der Waals surface area contributed by atoms with Gasteiger partial charge in [-0.2, -0.15) is 0 Å². The topological polar surface area (TPSA) is 193 Å². The summed E-state index contributed by atoms with van der Waals surface area (Å²) in [6, 6.07) is 22.4. The summed E-state index contributed by atoms with van der Waals surface area (Å²) in [5, 5.41) is 44.9. The van der Waals surface area contributed by atoms with Gasteiger partial charge in [0.25, 0.3) is 0 Å². The Kier molecular flexibility index (Phi) is 11.9. The average molecular weight is 650 g/mol. The number of benzene rings is 3. The van der Waals surface area contributed by atoms with E-state index in [1.807, 2.05) is 36.4 Å². The van der Waals surface area contributed by atoms with Crippen molar-refractivity contribution in [1.82, 2.24) is 5.32 Å². The maximum absolute atomic E-state index is 13.3. The molecule has 2 aliphatic rings. The molecule has 1 aliphatic carbocycles. The first-order valence-corrected chi connectivity index (χ1v) is 15.9. The monoisotopic (exact) mass is 649 g/mol. The number of nitrogens with two attached hydrogens (primary N) is 1. The van der Waals surface area contributed by atoms with E-state index in [0.717, 1.165) is 27.8 Å². The lowest BCUT2D eigenvalue weighted by molar-refractivity contribution is -0.300. The molecule has 3 aromatic rings. The van der Waals surface area contributed by atoms with Gasteiger partial charge in [-0.15, -0.1) is 0 Å². The Labute approximate surface area is 273 Å². The molecule has 47 heavy (non-hydrogen) atoms. The normalized spacial score (nSPS) is 22.6. The summed E-state index contributed by atoms with van der Waals surface area (Å²) >= 11 is 0. The summed E-state index contributed by atoms with van der Waals surface area (Å²) in [6.45, 7) is 0.203. The number of amides is 2. The Morgan fingerprint density at radius 1 is 0.872 bits per heavy atom. The highest BCUT2D eigenvalue weighted by Crippen LogP contribution is 2.44. The lowest BCUT2D eigenvalue weighted by Crippen LogP contribution is -2.59. The molecule has 12 nitrogen and oxygen atoms in total. The van der Waals surface area contributed by atoms with Gasteiger partial charge in [0, 0.05) is 11.6 Å². The SMILES string of the molecule is NCCCC[C@H](NC(=O)OCC1c2ccccc2-c2ccccc21)C(=O)Nc1ccc(CCO[C@@H]2O[C@H](CO)[C@@H](O)[C@H](O)[C@H]2O)cc1. The summed E-state index contributed by atoms with van der Waals surface area (Å²) < 4.78 is 16.6. The van der Waals surface area contributed by atoms with E-state index in [-0.39, 0.29) is 25.0 Å². The molecule has 12 heteroatoms. The van der Waals surface area contributed by atoms with Crippen LogP contribution in [0.1, 0.15) is 41.9 Å². The summed E-state index contributed by atoms with van der Waals surface area (Å²) in [4.78, 5) is 26.2. The Hall–Kier alpha value is -3.88. The summed E-state index contributed by atoms with van der Waals surface area (Å²) in [6.07, 6.45) is -5.18. The summed E-state index contributed by atoms with van der Waals surface area (Å²) in [5.41, 5.74) is 11.5. The second-order valence-electron chi connectivity index (χ2n) is 11.8. The molecule has 5 rings (SSSR count). The van der Waals surface area contributed by atoms with Crippen LogP contribution in [0.2, 0.25) is 0 Å². The number of anilines is 1. The third-order valence-electron chi connectivity index (χ3n) is 8.64. The van der Waals surface area contributed by atoms with Crippen molar-refractivity contribution in [2.75, 3.05) is 31.7 Å². The van der Waals surface area contributed by atoms with Crippen LogP contribution in [0.3, 0.4) is 0 Å². The summed E-state index contributed by atoms with van der Waals surface area (Å²) in [5.74, 6) is -0.479. The predicted octanol–water partition coefficient (Wildman–Crippen LogP) is 2.02. The lowest BCUT2D eigenvalue weighted by Gasteiger charge is -2.39. The van der Waals surface area contributed by atoms with Crippen LogP contribution >= 0.6 is 0 Å². The molecular formula is C35H43N3O9. The van der Waals surface area contributed by atoms with E-state index < -0.39 is 49.4 Å². The Balaban J connectivity index is 1.13. The van der Waals surface area contributed by atoms with Crippen molar-refractivity contribution in [2.45, 2.75) is 68.3 Å². The van der Waals surface area contributed by atoms with Gasteiger partial charge < -0.3 is 51.0 Å². The van der Waals surface area contributed by atoms with Crippen molar-refractivity contribution in [3.05, 3.63) is 89.5 Å². The predicted molar refractivity (Wildman–Crippen MR) is 173 cm³/mol. The number of rotatable bonds is 14. The average Bonchev–Trinajstić information content (AvgIpc) is 3.41. The molecule has 0 unspecified atom stereocenters. The maximum Gasteiger partial charge on any atom is 0.407 e. The molecule has 2 amide bonds. The number of ether oxygens (including phenoxy) is 3. The van der Waals surface area contributed by atoms with Gasteiger partial charge in [0.05, 0.1) is 13.2 Å². The van der Waals surface area contributed by atoms with Crippen LogP contribution in [0.5, 0.6) is 0 Å². The van der Waals surface area contributed by atoms with Crippen molar-refractivity contribution >= 4 is 17.7 Å². The number of alkyl carbamates (subject to hydrolysis) is 1. The van der Waals surface area contributed by atoms with Gasteiger partial charge in [-0.05, 0) is 72.2 Å². The highest BCUT2D eigenvalue weighted by atomic mass is 16.7. The number of aliphatic hydroxyl groups excluding tert-OH is 4. The van der Waals surface area contributed by atoms with Crippen molar-refractivity contribution < 1.29 is 44.2 Å². The highest BCUT2D eigenvalue weighted by molar-refractivity contribution is 5.96. The van der Waals surface area contributed by atoms with Gasteiger partial charge in [-0.25, -0.2) is 4.79 Å². The quantitative estimate of drug-likeness (QED) is 0.127. The van der Waals surface area contributed by atoms with E-state index in [0.29, 0.717) is 37.9 Å². The van der Waals surface area contributed by atoms with Gasteiger partial charge >= 0.3 is 6.09 Å². The van der Waals surface area contributed by atoms with Crippen LogP contribution in [0.15, 0.2) is 72.8 Å². The molecule has 0 spiro atoms. The van der Waals surface area contributed by atoms with Crippen molar-refractivity contribution in [3.8, 4) is 11.1 Å². The Morgan fingerprint density at radius 2 is 1.53 bits per heavy atom. The molecule has 1 saturated heterocycles. The minimum atomic E-state index is -1.51. The van der Waals surface area contributed by atoms with Crippen molar-refractivity contribution in [2.24, 2.45) is 5.73 Å².